The van der Waals surface area contributed by atoms with Gasteiger partial charge in [-0.2, -0.15) is 13.2 Å². The summed E-state index contributed by atoms with van der Waals surface area (Å²) in [6.45, 7) is -0.858. The number of anilines is 1. The Morgan fingerprint density at radius 1 is 1.06 bits per heavy atom. The number of ether oxygens (including phenoxy) is 2. The van der Waals surface area contributed by atoms with Crippen LogP contribution < -0.4 is 14.4 Å². The smallest absolute Gasteiger partial charge is 0.488 e. The number of aliphatic hydroxyl groups excluding tert-OH is 1. The van der Waals surface area contributed by atoms with Crippen molar-refractivity contribution in [3.8, 4) is 22.6 Å². The highest BCUT2D eigenvalue weighted by atomic mass is 19.4. The van der Waals surface area contributed by atoms with E-state index in [0.717, 1.165) is 12.1 Å². The Morgan fingerprint density at radius 2 is 1.82 bits per heavy atom. The first-order chi connectivity index (χ1) is 15.5. The van der Waals surface area contributed by atoms with Crippen molar-refractivity contribution in [2.45, 2.75) is 24.7 Å². The molecule has 4 rings (SSSR count). The van der Waals surface area contributed by atoms with Crippen LogP contribution in [-0.2, 0) is 0 Å². The third kappa shape index (κ3) is 5.03. The molecule has 2 aromatic carbocycles. The monoisotopic (exact) mass is 473 g/mol. The molecule has 0 saturated heterocycles. The van der Waals surface area contributed by atoms with Gasteiger partial charge in [0.2, 0.25) is 0 Å². The highest BCUT2D eigenvalue weighted by Crippen LogP contribution is 2.46. The average molecular weight is 473 g/mol. The van der Waals surface area contributed by atoms with Gasteiger partial charge in [-0.25, -0.2) is 0 Å². The van der Waals surface area contributed by atoms with E-state index in [4.69, 9.17) is 9.15 Å². The van der Waals surface area contributed by atoms with Crippen molar-refractivity contribution in [2.75, 3.05) is 18.1 Å². The number of para-hydroxylation sites is 1. The number of alkyl halides is 6. The lowest BCUT2D eigenvalue weighted by molar-refractivity contribution is -0.274. The van der Waals surface area contributed by atoms with Gasteiger partial charge in [-0.3, -0.25) is 0 Å². The molecule has 11 heteroatoms. The Hall–Kier alpha value is -3.34. The van der Waals surface area contributed by atoms with Crippen LogP contribution in [0.1, 0.15) is 11.6 Å². The predicted molar refractivity (Wildman–Crippen MR) is 105 cm³/mol. The maximum atomic E-state index is 13.1. The van der Waals surface area contributed by atoms with Crippen LogP contribution in [0.3, 0.4) is 0 Å². The summed E-state index contributed by atoms with van der Waals surface area (Å²) in [7, 11) is 0. The van der Waals surface area contributed by atoms with Crippen molar-refractivity contribution >= 4 is 5.69 Å². The van der Waals surface area contributed by atoms with Crippen LogP contribution in [0, 0.1) is 0 Å². The minimum absolute atomic E-state index is 0.0765. The van der Waals surface area contributed by atoms with Gasteiger partial charge < -0.3 is 23.9 Å². The summed E-state index contributed by atoms with van der Waals surface area (Å²) in [4.78, 5) is 1.35. The quantitative estimate of drug-likeness (QED) is 0.482. The molecule has 176 valence electrons. The third-order valence-electron chi connectivity index (χ3n) is 5.12. The molecule has 1 aliphatic rings. The number of hydrogen-bond donors (Lipinski definition) is 1. The fourth-order valence-corrected chi connectivity index (χ4v) is 3.67. The molecular weight excluding hydrogens is 456 g/mol. The van der Waals surface area contributed by atoms with Crippen molar-refractivity contribution in [3.05, 3.63) is 66.6 Å². The molecule has 0 aliphatic carbocycles. The molecule has 2 heterocycles. The summed E-state index contributed by atoms with van der Waals surface area (Å²) in [5.74, 6) is -0.273. The second kappa shape index (κ2) is 8.54. The average Bonchev–Trinajstić information content (AvgIpc) is 3.26. The number of furan rings is 1. The molecule has 5 nitrogen and oxygen atoms in total. The van der Waals surface area contributed by atoms with Gasteiger partial charge in [0.1, 0.15) is 12.4 Å². The van der Waals surface area contributed by atoms with Crippen molar-refractivity contribution in [1.82, 2.24) is 0 Å². The molecule has 0 bridgehead atoms. The van der Waals surface area contributed by atoms with Crippen molar-refractivity contribution in [3.63, 3.8) is 0 Å². The molecule has 0 fully saturated rings. The topological polar surface area (TPSA) is 55.1 Å². The number of rotatable bonds is 5. The van der Waals surface area contributed by atoms with Gasteiger partial charge in [0.05, 0.1) is 30.8 Å². The fourth-order valence-electron chi connectivity index (χ4n) is 3.67. The number of halogens is 6. The zero-order valence-corrected chi connectivity index (χ0v) is 16.7. The highest BCUT2D eigenvalue weighted by molar-refractivity contribution is 5.80. The van der Waals surface area contributed by atoms with E-state index >= 15 is 0 Å². The zero-order valence-electron chi connectivity index (χ0n) is 16.7. The Balaban J connectivity index is 1.75. The lowest BCUT2D eigenvalue weighted by atomic mass is 9.99. The molecule has 0 saturated carbocycles. The third-order valence-corrected chi connectivity index (χ3v) is 5.12. The number of β-amino-alcohol motifs (C(OH)–C–C–N with tert-alkyl or cyclic N) is 1. The number of benzene rings is 2. The van der Waals surface area contributed by atoms with Crippen LogP contribution in [0.15, 0.2) is 65.5 Å². The molecule has 33 heavy (non-hydrogen) atoms. The summed E-state index contributed by atoms with van der Waals surface area (Å²) >= 11 is 0. The van der Waals surface area contributed by atoms with E-state index in [0.29, 0.717) is 16.7 Å². The normalized spacial score (nSPS) is 17.3. The molecule has 1 aromatic heterocycles. The standard InChI is InChI=1S/C22H17F6NO4/c23-21(24,25)19(30)10-29-17-6-2-5-16(13-3-1-4-15(9-13)33-22(26,27)28)20(17)32-12-18(29)14-7-8-31-11-14/h1-9,11,18-19,30H,10,12H2. The maximum Gasteiger partial charge on any atom is 0.573 e. The van der Waals surface area contributed by atoms with Gasteiger partial charge >= 0.3 is 12.5 Å². The minimum Gasteiger partial charge on any atom is -0.488 e. The molecule has 0 spiro atoms. The van der Waals surface area contributed by atoms with Crippen LogP contribution >= 0.6 is 0 Å². The van der Waals surface area contributed by atoms with E-state index in [-0.39, 0.29) is 18.0 Å². The molecule has 0 radical (unpaired) electrons. The van der Waals surface area contributed by atoms with Gasteiger partial charge in [-0.15, -0.1) is 13.2 Å². The second-order valence-electron chi connectivity index (χ2n) is 7.32. The first-order valence-corrected chi connectivity index (χ1v) is 9.68. The molecule has 1 aliphatic heterocycles. The SMILES string of the molecule is OC(CN1c2cccc(-c3cccc(OC(F)(F)F)c3)c2OCC1c1ccoc1)C(F)(F)F. The first kappa shape index (κ1) is 22.8. The Kier molecular flexibility index (Phi) is 5.91. The minimum atomic E-state index is -4.88. The van der Waals surface area contributed by atoms with E-state index < -0.39 is 37.0 Å². The number of aliphatic hydroxyl groups is 1. The van der Waals surface area contributed by atoms with E-state index in [9.17, 15) is 31.4 Å². The predicted octanol–water partition coefficient (Wildman–Crippen LogP) is 5.71. The van der Waals surface area contributed by atoms with E-state index in [2.05, 4.69) is 4.74 Å². The lowest BCUT2D eigenvalue weighted by Crippen LogP contribution is -2.45. The van der Waals surface area contributed by atoms with Gasteiger partial charge in [-0.05, 0) is 29.8 Å². The number of hydrogen-bond acceptors (Lipinski definition) is 5. The second-order valence-corrected chi connectivity index (χ2v) is 7.32. The zero-order chi connectivity index (χ0) is 23.8. The molecule has 3 aromatic rings. The number of fused-ring (bicyclic) bond motifs is 1. The van der Waals surface area contributed by atoms with Gasteiger partial charge in [0, 0.05) is 11.1 Å². The Labute approximate surface area is 183 Å². The maximum absolute atomic E-state index is 13.1. The van der Waals surface area contributed by atoms with Crippen molar-refractivity contribution in [1.29, 1.82) is 0 Å². The summed E-state index contributed by atoms with van der Waals surface area (Å²) in [6.07, 6.45) is -9.63. The molecule has 2 atom stereocenters. The van der Waals surface area contributed by atoms with E-state index in [1.165, 1.54) is 35.6 Å². The summed E-state index contributed by atoms with van der Waals surface area (Å²) < 4.78 is 92.2. The summed E-state index contributed by atoms with van der Waals surface area (Å²) in [5, 5.41) is 9.76. The van der Waals surface area contributed by atoms with Crippen molar-refractivity contribution in [2.24, 2.45) is 0 Å². The van der Waals surface area contributed by atoms with Crippen LogP contribution in [0.5, 0.6) is 11.5 Å². The van der Waals surface area contributed by atoms with Gasteiger partial charge in [-0.1, -0.05) is 24.3 Å². The van der Waals surface area contributed by atoms with Crippen LogP contribution in [0.4, 0.5) is 32.0 Å². The van der Waals surface area contributed by atoms with E-state index in [1.807, 2.05) is 0 Å². The van der Waals surface area contributed by atoms with Crippen LogP contribution in [-0.4, -0.2) is 36.9 Å². The van der Waals surface area contributed by atoms with Crippen molar-refractivity contribution < 1.29 is 45.3 Å². The molecular formula is C22H17F6NO4. The van der Waals surface area contributed by atoms with Crippen LogP contribution in [0.25, 0.3) is 11.1 Å². The highest BCUT2D eigenvalue weighted by Gasteiger charge is 2.42. The van der Waals surface area contributed by atoms with Crippen LogP contribution in [0.2, 0.25) is 0 Å². The Bertz CT molecular complexity index is 1100. The van der Waals surface area contributed by atoms with Gasteiger partial charge in [0.15, 0.2) is 11.9 Å². The Morgan fingerprint density at radius 3 is 2.48 bits per heavy atom. The van der Waals surface area contributed by atoms with E-state index in [1.54, 1.807) is 18.2 Å². The number of nitrogens with zero attached hydrogens (tertiary/aromatic N) is 1. The largest absolute Gasteiger partial charge is 0.573 e. The molecule has 0 amide bonds. The van der Waals surface area contributed by atoms with Gasteiger partial charge in [0.25, 0.3) is 0 Å². The molecule has 1 N–H and O–H groups in total. The first-order valence-electron chi connectivity index (χ1n) is 9.68. The lowest BCUT2D eigenvalue weighted by Gasteiger charge is -2.40. The summed E-state index contributed by atoms with van der Waals surface area (Å²) in [5.41, 5.74) is 1.46. The fraction of sp³-hybridized carbons (Fsp3) is 0.273. The summed E-state index contributed by atoms with van der Waals surface area (Å²) in [6, 6.07) is 10.7. The molecule has 2 unspecified atom stereocenters.